The van der Waals surface area contributed by atoms with E-state index in [2.05, 4.69) is 5.10 Å². The van der Waals surface area contributed by atoms with Gasteiger partial charge in [0.2, 0.25) is 0 Å². The number of anilines is 1. The summed E-state index contributed by atoms with van der Waals surface area (Å²) in [5.41, 5.74) is 0.981. The van der Waals surface area contributed by atoms with Crippen molar-refractivity contribution in [2.45, 2.75) is 37.7 Å². The first-order valence-corrected chi connectivity index (χ1v) is 7.31. The molecule has 0 spiro atoms. The average molecular weight is 423 g/mol. The van der Waals surface area contributed by atoms with Crippen molar-refractivity contribution >= 4 is 5.69 Å². The van der Waals surface area contributed by atoms with Crippen LogP contribution in [0.5, 0.6) is 0 Å². The molecule has 2 N–H and O–H groups in total. The fraction of sp³-hybridized carbons (Fsp3) is 0.400. The zero-order chi connectivity index (χ0) is 21.7. The number of aromatic nitrogens is 2. The molecule has 0 aliphatic rings. The molecule has 28 heavy (non-hydrogen) atoms. The van der Waals surface area contributed by atoms with Gasteiger partial charge in [-0.25, -0.2) is 0 Å². The largest absolute Gasteiger partial charge is 0.459 e. The highest BCUT2D eigenvalue weighted by molar-refractivity contribution is 5.50. The molecule has 0 fully saturated rings. The van der Waals surface area contributed by atoms with E-state index in [1.807, 2.05) is 0 Å². The molecule has 2 aromatic rings. The molecule has 0 aliphatic carbocycles. The van der Waals surface area contributed by atoms with Gasteiger partial charge < -0.3 is 5.73 Å². The third-order valence-corrected chi connectivity index (χ3v) is 3.93. The topological polar surface area (TPSA) is 43.8 Å². The van der Waals surface area contributed by atoms with E-state index in [0.29, 0.717) is 5.56 Å². The molecule has 0 atom stereocenters. The first-order chi connectivity index (χ1) is 12.5. The van der Waals surface area contributed by atoms with Crippen LogP contribution >= 0.6 is 0 Å². The highest BCUT2D eigenvalue weighted by atomic mass is 19.4. The van der Waals surface area contributed by atoms with Crippen molar-refractivity contribution in [1.29, 1.82) is 0 Å². The van der Waals surface area contributed by atoms with Crippen molar-refractivity contribution in [2.24, 2.45) is 0 Å². The van der Waals surface area contributed by atoms with Gasteiger partial charge >= 0.3 is 24.2 Å². The van der Waals surface area contributed by atoms with Crippen molar-refractivity contribution in [3.63, 3.8) is 0 Å². The zero-order valence-electron chi connectivity index (χ0n) is 13.8. The summed E-state index contributed by atoms with van der Waals surface area (Å²) < 4.78 is 130. The minimum atomic E-state index is -6.43. The Balaban J connectivity index is 2.66. The predicted octanol–water partition coefficient (Wildman–Crippen LogP) is 5.13. The Kier molecular flexibility index (Phi) is 5.11. The van der Waals surface area contributed by atoms with Crippen molar-refractivity contribution in [3.05, 3.63) is 46.8 Å². The van der Waals surface area contributed by atoms with Gasteiger partial charge in [-0.05, 0) is 24.1 Å². The molecule has 0 saturated heterocycles. The molecule has 0 radical (unpaired) electrons. The van der Waals surface area contributed by atoms with Crippen molar-refractivity contribution < 1.29 is 43.9 Å². The van der Waals surface area contributed by atoms with Gasteiger partial charge in [0.25, 0.3) is 0 Å². The number of nitrogens with two attached hydrogens (primary N) is 1. The number of nitrogens with zero attached hydrogens (tertiary/aromatic N) is 2. The zero-order valence-corrected chi connectivity index (χ0v) is 13.8. The van der Waals surface area contributed by atoms with Crippen molar-refractivity contribution in [2.75, 3.05) is 5.73 Å². The highest BCUT2D eigenvalue weighted by Crippen LogP contribution is 2.51. The van der Waals surface area contributed by atoms with Gasteiger partial charge in [-0.15, -0.1) is 0 Å². The van der Waals surface area contributed by atoms with Gasteiger partial charge in [-0.3, -0.25) is 4.68 Å². The maximum Gasteiger partial charge on any atom is 0.459 e. The normalized spacial score (nSPS) is 13.8. The van der Waals surface area contributed by atoms with E-state index in [1.54, 1.807) is 0 Å². The number of alkyl halides is 10. The maximum absolute atomic E-state index is 13.6. The number of benzene rings is 1. The van der Waals surface area contributed by atoms with Crippen LogP contribution in [0.1, 0.15) is 22.4 Å². The summed E-state index contributed by atoms with van der Waals surface area (Å²) in [6.07, 6.45) is -13.0. The molecule has 1 aromatic heterocycles. The van der Waals surface area contributed by atoms with Gasteiger partial charge in [-0.1, -0.05) is 12.1 Å². The maximum atomic E-state index is 13.6. The molecule has 0 aliphatic heterocycles. The molecule has 13 heteroatoms. The number of nitrogen functional groups attached to an aromatic ring is 1. The minimum absolute atomic E-state index is 0.158. The molecule has 1 aromatic carbocycles. The minimum Gasteiger partial charge on any atom is -0.399 e. The molecule has 156 valence electrons. The molecular formula is C15H11F10N3. The Hall–Kier alpha value is -2.47. The van der Waals surface area contributed by atoms with E-state index < -0.39 is 42.0 Å². The molecule has 0 unspecified atom stereocenters. The number of rotatable bonds is 4. The lowest BCUT2D eigenvalue weighted by molar-refractivity contribution is -0.302. The SMILES string of the molecule is Cc1c(N)cccc1Cn1cc(C(F)(F)C(F)(F)F)c(C(F)(F)C(F)(F)F)n1. The molecule has 3 nitrogen and oxygen atoms in total. The van der Waals surface area contributed by atoms with Crippen LogP contribution in [0.4, 0.5) is 49.6 Å². The summed E-state index contributed by atoms with van der Waals surface area (Å²) in [7, 11) is 0. The summed E-state index contributed by atoms with van der Waals surface area (Å²) in [6.45, 7) is 0.774. The summed E-state index contributed by atoms with van der Waals surface area (Å²) in [5.74, 6) is -12.0. The van der Waals surface area contributed by atoms with E-state index in [1.165, 1.54) is 25.1 Å². The fourth-order valence-electron chi connectivity index (χ4n) is 2.30. The second-order valence-corrected chi connectivity index (χ2v) is 5.86. The lowest BCUT2D eigenvalue weighted by Gasteiger charge is -2.23. The predicted molar refractivity (Wildman–Crippen MR) is 76.8 cm³/mol. The van der Waals surface area contributed by atoms with E-state index in [9.17, 15) is 43.9 Å². The summed E-state index contributed by atoms with van der Waals surface area (Å²) >= 11 is 0. The fourth-order valence-corrected chi connectivity index (χ4v) is 2.30. The van der Waals surface area contributed by atoms with Crippen LogP contribution in [0.2, 0.25) is 0 Å². The van der Waals surface area contributed by atoms with Crippen LogP contribution in [0.25, 0.3) is 0 Å². The summed E-state index contributed by atoms with van der Waals surface area (Å²) in [5, 5.41) is 2.72. The van der Waals surface area contributed by atoms with Crippen LogP contribution in [0.3, 0.4) is 0 Å². The highest BCUT2D eigenvalue weighted by Gasteiger charge is 2.67. The Morgan fingerprint density at radius 1 is 0.893 bits per heavy atom. The lowest BCUT2D eigenvalue weighted by Crippen LogP contribution is -2.40. The molecule has 1 heterocycles. The number of halogens is 10. The average Bonchev–Trinajstić information content (AvgIpc) is 2.95. The van der Waals surface area contributed by atoms with Crippen molar-refractivity contribution in [3.8, 4) is 0 Å². The van der Waals surface area contributed by atoms with E-state index >= 15 is 0 Å². The second kappa shape index (κ2) is 6.55. The smallest absolute Gasteiger partial charge is 0.399 e. The number of hydrogen-bond donors (Lipinski definition) is 1. The summed E-state index contributed by atoms with van der Waals surface area (Å²) in [4.78, 5) is 0. The lowest BCUT2D eigenvalue weighted by atomic mass is 10.0. The van der Waals surface area contributed by atoms with Crippen LogP contribution in [0.15, 0.2) is 24.4 Å². The van der Waals surface area contributed by atoms with Gasteiger partial charge in [0, 0.05) is 11.9 Å². The van der Waals surface area contributed by atoms with Gasteiger partial charge in [0.15, 0.2) is 5.69 Å². The first-order valence-electron chi connectivity index (χ1n) is 7.31. The van der Waals surface area contributed by atoms with Crippen LogP contribution in [-0.2, 0) is 18.4 Å². The van der Waals surface area contributed by atoms with E-state index in [0.717, 1.165) is 0 Å². The first kappa shape index (κ1) is 21.8. The molecular weight excluding hydrogens is 412 g/mol. The molecule has 0 amide bonds. The Labute approximate surface area is 150 Å². The molecule has 2 rings (SSSR count). The Bertz CT molecular complexity index is 820. The Morgan fingerprint density at radius 2 is 1.43 bits per heavy atom. The third-order valence-electron chi connectivity index (χ3n) is 3.93. The monoisotopic (exact) mass is 423 g/mol. The molecule has 0 bridgehead atoms. The standard InChI is InChI=1S/C15H11F10N3/c1-7-8(3-2-4-10(7)26)5-28-6-9(12(16,17)14(20,21)22)11(27-28)13(18,19)15(23,24)25/h2-4,6H,5,26H2,1H3. The third kappa shape index (κ3) is 3.61. The van der Waals surface area contributed by atoms with Crippen LogP contribution in [-0.4, -0.2) is 22.1 Å². The van der Waals surface area contributed by atoms with Crippen LogP contribution < -0.4 is 5.73 Å². The Morgan fingerprint density at radius 3 is 1.93 bits per heavy atom. The van der Waals surface area contributed by atoms with Gasteiger partial charge in [-0.2, -0.15) is 49.0 Å². The van der Waals surface area contributed by atoms with Gasteiger partial charge in [0.1, 0.15) is 0 Å². The molecule has 0 saturated carbocycles. The number of hydrogen-bond acceptors (Lipinski definition) is 2. The van der Waals surface area contributed by atoms with E-state index in [-0.39, 0.29) is 22.1 Å². The van der Waals surface area contributed by atoms with Crippen molar-refractivity contribution in [1.82, 2.24) is 9.78 Å². The van der Waals surface area contributed by atoms with Crippen LogP contribution in [0, 0.1) is 6.92 Å². The van der Waals surface area contributed by atoms with Gasteiger partial charge in [0.05, 0.1) is 12.1 Å². The quantitative estimate of drug-likeness (QED) is 0.548. The second-order valence-electron chi connectivity index (χ2n) is 5.86. The van der Waals surface area contributed by atoms with E-state index in [4.69, 9.17) is 5.73 Å². The summed E-state index contributed by atoms with van der Waals surface area (Å²) in [6, 6.07) is 4.13.